The maximum atomic E-state index is 11.4. The fourth-order valence-corrected chi connectivity index (χ4v) is 5.10. The standard InChI is InChI=1S/C23H39N5O13S/c1-11-12(9-29)38-19(15(32)14(11)31)40-17-13(10-30)39-20(36-2)18(16(17)33)41-23-26-21(24-3-8-42(34)35)25-22(27-23)28-4-6-37-7-5-28/h11-20,29-33H,3-10H2,1-2H3,(H,34,35)(H,24,25,26,27)/t11-,12?,13+,14+,15?,16?,17-,18?,19+,20-/m1/s1. The molecule has 42 heavy (non-hydrogen) atoms. The van der Waals surface area contributed by atoms with Gasteiger partial charge in [0.15, 0.2) is 29.8 Å². The summed E-state index contributed by atoms with van der Waals surface area (Å²) in [6.07, 6.45) is -11.8. The topological polar surface area (TPSA) is 248 Å². The van der Waals surface area contributed by atoms with Crippen molar-refractivity contribution in [2.24, 2.45) is 5.92 Å². The summed E-state index contributed by atoms with van der Waals surface area (Å²) in [6.45, 7) is 2.44. The van der Waals surface area contributed by atoms with Crippen molar-refractivity contribution < 1.29 is 62.7 Å². The SMILES string of the molecule is CO[C@@H]1O[C@@H](CO)[C@@H](O[C@@H]2OC(CO)[C@@H](C)[C@H](O)C2O)C(O)C1Oc1nc(NCCS(=O)O)nc(N2CCOCC2)n1. The van der Waals surface area contributed by atoms with Crippen LogP contribution in [0.2, 0.25) is 0 Å². The first-order valence-electron chi connectivity index (χ1n) is 13.5. The maximum absolute atomic E-state index is 11.4. The molecule has 240 valence electrons. The second-order valence-corrected chi connectivity index (χ2v) is 11.0. The number of nitrogens with zero attached hydrogens (tertiary/aromatic N) is 4. The van der Waals surface area contributed by atoms with Gasteiger partial charge < -0.3 is 68.7 Å². The molecule has 4 heterocycles. The Balaban J connectivity index is 1.57. The third-order valence-corrected chi connectivity index (χ3v) is 7.81. The minimum atomic E-state index is -2.04. The predicted molar refractivity (Wildman–Crippen MR) is 142 cm³/mol. The summed E-state index contributed by atoms with van der Waals surface area (Å²) in [7, 11) is 1.30. The highest BCUT2D eigenvalue weighted by molar-refractivity contribution is 7.79. The molecule has 0 aromatic carbocycles. The molecule has 5 unspecified atom stereocenters. The summed E-state index contributed by atoms with van der Waals surface area (Å²) >= 11 is -2.04. The van der Waals surface area contributed by atoms with Crippen LogP contribution in [0.3, 0.4) is 0 Å². The van der Waals surface area contributed by atoms with E-state index in [2.05, 4.69) is 20.3 Å². The molecule has 1 aromatic heterocycles. The van der Waals surface area contributed by atoms with Crippen LogP contribution in [0.25, 0.3) is 0 Å². The van der Waals surface area contributed by atoms with Gasteiger partial charge in [-0.25, -0.2) is 4.21 Å². The van der Waals surface area contributed by atoms with Gasteiger partial charge in [-0.1, -0.05) is 6.92 Å². The third kappa shape index (κ3) is 7.79. The first-order valence-corrected chi connectivity index (χ1v) is 14.8. The summed E-state index contributed by atoms with van der Waals surface area (Å²) in [5, 5.41) is 54.9. The Morgan fingerprint density at radius 3 is 2.31 bits per heavy atom. The number of methoxy groups -OCH3 is 1. The Morgan fingerprint density at radius 2 is 1.67 bits per heavy atom. The number of ether oxygens (including phenoxy) is 6. The van der Waals surface area contributed by atoms with E-state index in [1.54, 1.807) is 6.92 Å². The Kier molecular flexibility index (Phi) is 12.0. The molecule has 3 saturated heterocycles. The zero-order chi connectivity index (χ0) is 30.4. The van der Waals surface area contributed by atoms with Crippen LogP contribution < -0.4 is 15.0 Å². The Morgan fingerprint density at radius 1 is 0.976 bits per heavy atom. The molecule has 0 radical (unpaired) electrons. The van der Waals surface area contributed by atoms with Crippen molar-refractivity contribution in [2.45, 2.75) is 62.2 Å². The Hall–Kier alpha value is -1.88. The van der Waals surface area contributed by atoms with Crippen LogP contribution in [0, 0.1) is 5.92 Å². The largest absolute Gasteiger partial charge is 0.452 e. The highest BCUT2D eigenvalue weighted by Gasteiger charge is 2.51. The summed E-state index contributed by atoms with van der Waals surface area (Å²) < 4.78 is 54.2. The lowest BCUT2D eigenvalue weighted by molar-refractivity contribution is -0.351. The Bertz CT molecular complexity index is 1020. The van der Waals surface area contributed by atoms with Crippen molar-refractivity contribution in [3.8, 4) is 6.01 Å². The zero-order valence-corrected chi connectivity index (χ0v) is 24.0. The normalized spacial score (nSPS) is 36.4. The number of nitrogens with one attached hydrogen (secondary N) is 1. The molecule has 0 saturated carbocycles. The van der Waals surface area contributed by atoms with Crippen LogP contribution in [0.4, 0.5) is 11.9 Å². The fourth-order valence-electron chi connectivity index (χ4n) is 4.82. The highest BCUT2D eigenvalue weighted by Crippen LogP contribution is 2.32. The average Bonchev–Trinajstić information content (AvgIpc) is 2.99. The van der Waals surface area contributed by atoms with E-state index in [0.29, 0.717) is 26.3 Å². The molecule has 3 aliphatic heterocycles. The van der Waals surface area contributed by atoms with Gasteiger partial charge in [0.25, 0.3) is 0 Å². The first kappa shape index (κ1) is 33.0. The number of aromatic nitrogens is 3. The van der Waals surface area contributed by atoms with Crippen molar-refractivity contribution in [1.29, 1.82) is 0 Å². The highest BCUT2D eigenvalue weighted by atomic mass is 32.2. The van der Waals surface area contributed by atoms with Crippen molar-refractivity contribution >= 4 is 23.0 Å². The van der Waals surface area contributed by atoms with E-state index in [1.807, 2.05) is 4.90 Å². The molecule has 0 aliphatic carbocycles. The number of aliphatic hydroxyl groups is 5. The number of aliphatic hydroxyl groups excluding tert-OH is 5. The lowest BCUT2D eigenvalue weighted by Crippen LogP contribution is -2.64. The van der Waals surface area contributed by atoms with Gasteiger partial charge in [-0.2, -0.15) is 15.0 Å². The van der Waals surface area contributed by atoms with Gasteiger partial charge in [0.1, 0.15) is 24.4 Å². The second kappa shape index (κ2) is 15.2. The van der Waals surface area contributed by atoms with Gasteiger partial charge in [-0.15, -0.1) is 0 Å². The van der Waals surface area contributed by atoms with Crippen molar-refractivity contribution in [3.63, 3.8) is 0 Å². The summed E-state index contributed by atoms with van der Waals surface area (Å²) in [6, 6.07) is -0.242. The number of rotatable bonds is 12. The van der Waals surface area contributed by atoms with Gasteiger partial charge in [0.05, 0.1) is 44.4 Å². The number of anilines is 2. The van der Waals surface area contributed by atoms with Crippen LogP contribution in [0.1, 0.15) is 6.92 Å². The van der Waals surface area contributed by atoms with Crippen LogP contribution in [-0.2, 0) is 34.8 Å². The van der Waals surface area contributed by atoms with Crippen LogP contribution >= 0.6 is 0 Å². The maximum Gasteiger partial charge on any atom is 0.323 e. The molecule has 7 N–H and O–H groups in total. The molecule has 1 aromatic rings. The summed E-state index contributed by atoms with van der Waals surface area (Å²) in [5.74, 6) is -0.416. The average molecular weight is 626 g/mol. The minimum Gasteiger partial charge on any atom is -0.452 e. The fraction of sp³-hybridized carbons (Fsp3) is 0.870. The van der Waals surface area contributed by atoms with E-state index in [-0.39, 0.29) is 30.2 Å². The smallest absolute Gasteiger partial charge is 0.323 e. The number of morpholine rings is 1. The molecular formula is C23H39N5O13S. The van der Waals surface area contributed by atoms with Gasteiger partial charge >= 0.3 is 6.01 Å². The lowest BCUT2D eigenvalue weighted by atomic mass is 9.91. The molecule has 0 spiro atoms. The van der Waals surface area contributed by atoms with Gasteiger partial charge in [0.2, 0.25) is 11.9 Å². The molecule has 0 amide bonds. The minimum absolute atomic E-state index is 0.0463. The second-order valence-electron chi connectivity index (χ2n) is 9.99. The number of hydrogen-bond donors (Lipinski definition) is 7. The molecular weight excluding hydrogens is 586 g/mol. The van der Waals surface area contributed by atoms with E-state index in [0.717, 1.165) is 0 Å². The lowest BCUT2D eigenvalue weighted by Gasteiger charge is -2.46. The molecule has 18 nitrogen and oxygen atoms in total. The van der Waals surface area contributed by atoms with Crippen LogP contribution in [-0.4, -0.2) is 163 Å². The van der Waals surface area contributed by atoms with Crippen molar-refractivity contribution in [1.82, 2.24) is 15.0 Å². The quantitative estimate of drug-likeness (QED) is 0.110. The molecule has 0 bridgehead atoms. The Labute approximate surface area is 244 Å². The predicted octanol–water partition coefficient (Wildman–Crippen LogP) is -3.73. The molecule has 3 fully saturated rings. The molecule has 3 aliphatic rings. The van der Waals surface area contributed by atoms with Gasteiger partial charge in [0, 0.05) is 32.7 Å². The van der Waals surface area contributed by atoms with E-state index in [9.17, 15) is 29.7 Å². The van der Waals surface area contributed by atoms with Gasteiger partial charge in [-0.05, 0) is 0 Å². The van der Waals surface area contributed by atoms with Crippen molar-refractivity contribution in [3.05, 3.63) is 0 Å². The summed E-state index contributed by atoms with van der Waals surface area (Å²) in [4.78, 5) is 14.8. The van der Waals surface area contributed by atoms with E-state index >= 15 is 0 Å². The molecule has 11 atom stereocenters. The van der Waals surface area contributed by atoms with Crippen LogP contribution in [0.15, 0.2) is 0 Å². The third-order valence-electron chi connectivity index (χ3n) is 7.26. The van der Waals surface area contributed by atoms with Gasteiger partial charge in [-0.3, -0.25) is 0 Å². The van der Waals surface area contributed by atoms with E-state index < -0.39 is 85.5 Å². The zero-order valence-electron chi connectivity index (χ0n) is 23.2. The molecule has 4 rings (SSSR count). The van der Waals surface area contributed by atoms with E-state index in [4.69, 9.17) is 33.0 Å². The number of hydrogen-bond acceptors (Lipinski definition) is 17. The van der Waals surface area contributed by atoms with E-state index in [1.165, 1.54) is 7.11 Å². The van der Waals surface area contributed by atoms with Crippen molar-refractivity contribution in [2.75, 3.05) is 69.1 Å². The van der Waals surface area contributed by atoms with Crippen LogP contribution in [0.5, 0.6) is 6.01 Å². The summed E-state index contributed by atoms with van der Waals surface area (Å²) in [5.41, 5.74) is 0. The first-order chi connectivity index (χ1) is 20.2. The molecule has 19 heteroatoms. The monoisotopic (exact) mass is 625 g/mol.